The Hall–Kier alpha value is -1.15. The van der Waals surface area contributed by atoms with Crippen molar-refractivity contribution in [2.45, 2.75) is 31.7 Å². The summed E-state index contributed by atoms with van der Waals surface area (Å²) >= 11 is 0. The van der Waals surface area contributed by atoms with Gasteiger partial charge in [-0.05, 0) is 30.5 Å². The average Bonchev–Trinajstić information content (AvgIpc) is 2.28. The normalized spacial score (nSPS) is 12.7. The summed E-state index contributed by atoms with van der Waals surface area (Å²) in [7, 11) is -3.81. The van der Waals surface area contributed by atoms with Crippen LogP contribution in [0.2, 0.25) is 0 Å². The number of rotatable bonds is 4. The third kappa shape index (κ3) is 4.75. The summed E-state index contributed by atoms with van der Waals surface area (Å²) in [5, 5.41) is 7.68. The van der Waals surface area contributed by atoms with Crippen molar-refractivity contribution in [1.29, 1.82) is 0 Å². The minimum atomic E-state index is -3.81. The maximum absolute atomic E-state index is 11.8. The van der Waals surface area contributed by atoms with E-state index in [2.05, 4.69) is 5.32 Å². The van der Waals surface area contributed by atoms with Crippen molar-refractivity contribution >= 4 is 34.0 Å². The van der Waals surface area contributed by atoms with Crippen LogP contribution in [-0.4, -0.2) is 20.4 Å². The zero-order valence-corrected chi connectivity index (χ0v) is 13.2. The minimum Gasteiger partial charge on any atom is -0.325 e. The number of nitrogens with one attached hydrogen (secondary N) is 1. The topological polar surface area (TPSA) is 115 Å². The molecule has 1 rings (SSSR count). The van der Waals surface area contributed by atoms with Crippen LogP contribution in [0.4, 0.5) is 5.69 Å². The molecule has 0 saturated heterocycles. The molecule has 0 spiro atoms. The van der Waals surface area contributed by atoms with E-state index in [1.807, 2.05) is 13.8 Å². The van der Waals surface area contributed by atoms with Crippen LogP contribution in [0.15, 0.2) is 23.1 Å². The Kier molecular flexibility index (Phi) is 6.63. The average molecular weight is 322 g/mol. The molecule has 0 aliphatic heterocycles. The molecule has 114 valence electrons. The van der Waals surface area contributed by atoms with E-state index in [1.165, 1.54) is 6.07 Å². The smallest absolute Gasteiger partial charge is 0.241 e. The van der Waals surface area contributed by atoms with E-state index in [1.54, 1.807) is 19.1 Å². The van der Waals surface area contributed by atoms with E-state index in [4.69, 9.17) is 10.9 Å². The Morgan fingerprint density at radius 3 is 2.30 bits per heavy atom. The number of primary sulfonamides is 1. The molecule has 0 heterocycles. The highest BCUT2D eigenvalue weighted by molar-refractivity contribution is 7.89. The molecule has 1 atom stereocenters. The zero-order valence-electron chi connectivity index (χ0n) is 11.6. The molecule has 6 nitrogen and oxygen atoms in total. The van der Waals surface area contributed by atoms with Crippen molar-refractivity contribution in [1.82, 2.24) is 0 Å². The van der Waals surface area contributed by atoms with Gasteiger partial charge >= 0.3 is 0 Å². The molecule has 0 aliphatic carbocycles. The lowest BCUT2D eigenvalue weighted by atomic mass is 10.0. The standard InChI is InChI=1S/C12H19N3O3S.ClH/c1-7(2)11(13)12(16)15-9-5-4-8(3)10(6-9)19(14,17)18;/h4-7,11H,13H2,1-3H3,(H,15,16)(H2,14,17,18);1H. The first-order valence-electron chi connectivity index (χ1n) is 5.83. The largest absolute Gasteiger partial charge is 0.325 e. The second kappa shape index (κ2) is 7.03. The van der Waals surface area contributed by atoms with Crippen molar-refractivity contribution in [3.8, 4) is 0 Å². The van der Waals surface area contributed by atoms with Crippen LogP contribution in [0, 0.1) is 12.8 Å². The van der Waals surface area contributed by atoms with Gasteiger partial charge in [-0.3, -0.25) is 4.79 Å². The lowest BCUT2D eigenvalue weighted by molar-refractivity contribution is -0.118. The predicted molar refractivity (Wildman–Crippen MR) is 81.2 cm³/mol. The van der Waals surface area contributed by atoms with Crippen LogP contribution < -0.4 is 16.2 Å². The van der Waals surface area contributed by atoms with E-state index in [-0.39, 0.29) is 29.1 Å². The summed E-state index contributed by atoms with van der Waals surface area (Å²) in [5.41, 5.74) is 6.59. The molecular weight excluding hydrogens is 302 g/mol. The van der Waals surface area contributed by atoms with Gasteiger partial charge in [-0.25, -0.2) is 13.6 Å². The molecule has 0 saturated carbocycles. The second-order valence-corrected chi connectivity index (χ2v) is 6.31. The summed E-state index contributed by atoms with van der Waals surface area (Å²) < 4.78 is 22.7. The first-order chi connectivity index (χ1) is 8.62. The van der Waals surface area contributed by atoms with Gasteiger partial charge in [0.05, 0.1) is 10.9 Å². The lowest BCUT2D eigenvalue weighted by Gasteiger charge is -2.16. The maximum atomic E-state index is 11.8. The van der Waals surface area contributed by atoms with Crippen molar-refractivity contribution in [2.24, 2.45) is 16.8 Å². The predicted octanol–water partition coefficient (Wildman–Crippen LogP) is 0.986. The molecule has 1 unspecified atom stereocenters. The van der Waals surface area contributed by atoms with Gasteiger partial charge in [0.2, 0.25) is 15.9 Å². The molecular formula is C12H20ClN3O3S. The number of sulfonamides is 1. The fraction of sp³-hybridized carbons (Fsp3) is 0.417. The molecule has 0 bridgehead atoms. The second-order valence-electron chi connectivity index (χ2n) is 4.78. The van der Waals surface area contributed by atoms with Gasteiger partial charge in [0.25, 0.3) is 0 Å². The number of carbonyl (C=O) groups excluding carboxylic acids is 1. The zero-order chi connectivity index (χ0) is 14.8. The summed E-state index contributed by atoms with van der Waals surface area (Å²) in [6.07, 6.45) is 0. The number of amides is 1. The number of anilines is 1. The van der Waals surface area contributed by atoms with E-state index in [0.717, 1.165) is 0 Å². The molecule has 1 aromatic carbocycles. The molecule has 0 aromatic heterocycles. The molecule has 0 aliphatic rings. The Balaban J connectivity index is 0.00000361. The first-order valence-corrected chi connectivity index (χ1v) is 7.37. The summed E-state index contributed by atoms with van der Waals surface area (Å²) in [6, 6.07) is 3.86. The van der Waals surface area contributed by atoms with Crippen LogP contribution in [0.5, 0.6) is 0 Å². The number of benzene rings is 1. The SMILES string of the molecule is Cc1ccc(NC(=O)C(N)C(C)C)cc1S(N)(=O)=O.Cl. The maximum Gasteiger partial charge on any atom is 0.241 e. The number of aryl methyl sites for hydroxylation is 1. The van der Waals surface area contributed by atoms with Gasteiger partial charge in [0.15, 0.2) is 0 Å². The van der Waals surface area contributed by atoms with E-state index >= 15 is 0 Å². The van der Waals surface area contributed by atoms with Crippen LogP contribution in [-0.2, 0) is 14.8 Å². The number of carbonyl (C=O) groups is 1. The molecule has 1 amide bonds. The van der Waals surface area contributed by atoms with Crippen molar-refractivity contribution in [3.63, 3.8) is 0 Å². The van der Waals surface area contributed by atoms with Gasteiger partial charge in [0.1, 0.15) is 0 Å². The molecule has 20 heavy (non-hydrogen) atoms. The summed E-state index contributed by atoms with van der Waals surface area (Å²) in [5.74, 6) is -0.373. The highest BCUT2D eigenvalue weighted by Crippen LogP contribution is 2.19. The molecule has 1 aromatic rings. The van der Waals surface area contributed by atoms with Crippen molar-refractivity contribution in [3.05, 3.63) is 23.8 Å². The lowest BCUT2D eigenvalue weighted by Crippen LogP contribution is -2.39. The number of hydrogen-bond donors (Lipinski definition) is 3. The molecule has 8 heteroatoms. The van der Waals surface area contributed by atoms with Crippen LogP contribution in [0.25, 0.3) is 0 Å². The van der Waals surface area contributed by atoms with Crippen LogP contribution in [0.1, 0.15) is 19.4 Å². The van der Waals surface area contributed by atoms with Gasteiger partial charge in [-0.1, -0.05) is 19.9 Å². The quantitative estimate of drug-likeness (QED) is 0.766. The Bertz CT molecular complexity index is 588. The Morgan fingerprint density at radius 2 is 1.85 bits per heavy atom. The fourth-order valence-corrected chi connectivity index (χ4v) is 2.32. The van der Waals surface area contributed by atoms with E-state index < -0.39 is 16.1 Å². The van der Waals surface area contributed by atoms with Gasteiger partial charge in [-0.15, -0.1) is 12.4 Å². The number of hydrogen-bond acceptors (Lipinski definition) is 4. The van der Waals surface area contributed by atoms with Gasteiger partial charge in [-0.2, -0.15) is 0 Å². The van der Waals surface area contributed by atoms with Crippen molar-refractivity contribution in [2.75, 3.05) is 5.32 Å². The van der Waals surface area contributed by atoms with Gasteiger partial charge < -0.3 is 11.1 Å². The van der Waals surface area contributed by atoms with Gasteiger partial charge in [0, 0.05) is 5.69 Å². The monoisotopic (exact) mass is 321 g/mol. The molecule has 0 radical (unpaired) electrons. The van der Waals surface area contributed by atoms with E-state index in [0.29, 0.717) is 11.3 Å². The van der Waals surface area contributed by atoms with Crippen molar-refractivity contribution < 1.29 is 13.2 Å². The minimum absolute atomic E-state index is 0. The summed E-state index contributed by atoms with van der Waals surface area (Å²) in [6.45, 7) is 5.29. The van der Waals surface area contributed by atoms with E-state index in [9.17, 15) is 13.2 Å². The molecule has 5 N–H and O–H groups in total. The Morgan fingerprint density at radius 1 is 1.30 bits per heavy atom. The number of halogens is 1. The highest BCUT2D eigenvalue weighted by Gasteiger charge is 2.18. The number of nitrogens with two attached hydrogens (primary N) is 2. The Labute approximate surface area is 125 Å². The third-order valence-electron chi connectivity index (χ3n) is 2.78. The molecule has 0 fully saturated rings. The first kappa shape index (κ1) is 18.9. The fourth-order valence-electron chi connectivity index (χ4n) is 1.51. The van der Waals surface area contributed by atoms with Crippen LogP contribution in [0.3, 0.4) is 0 Å². The summed E-state index contributed by atoms with van der Waals surface area (Å²) in [4.78, 5) is 11.8. The van der Waals surface area contributed by atoms with Crippen LogP contribution >= 0.6 is 12.4 Å². The third-order valence-corrected chi connectivity index (χ3v) is 3.84. The highest BCUT2D eigenvalue weighted by atomic mass is 35.5.